The molecule has 0 aliphatic carbocycles. The van der Waals surface area contributed by atoms with E-state index in [0.717, 1.165) is 4.47 Å². The molecule has 16 heavy (non-hydrogen) atoms. The van der Waals surface area contributed by atoms with E-state index in [9.17, 15) is 4.79 Å². The van der Waals surface area contributed by atoms with Gasteiger partial charge >= 0.3 is 5.97 Å². The first-order valence-corrected chi connectivity index (χ1v) is 5.69. The molecule has 0 fully saturated rings. The van der Waals surface area contributed by atoms with Gasteiger partial charge in [-0.15, -0.1) is 0 Å². The lowest BCUT2D eigenvalue weighted by molar-refractivity contribution is 0.00691. The summed E-state index contributed by atoms with van der Waals surface area (Å²) in [7, 11) is 1.56. The number of carbonyl (C=O) groups is 1. The number of esters is 1. The highest BCUT2D eigenvalue weighted by Gasteiger charge is 2.18. The predicted molar refractivity (Wildman–Crippen MR) is 65.9 cm³/mol. The van der Waals surface area contributed by atoms with E-state index in [1.807, 2.05) is 20.8 Å². The van der Waals surface area contributed by atoms with Gasteiger partial charge in [0.2, 0.25) is 0 Å². The summed E-state index contributed by atoms with van der Waals surface area (Å²) in [4.78, 5) is 11.8. The molecule has 0 bridgehead atoms. The number of ether oxygens (including phenoxy) is 2. The Balaban J connectivity index is 2.95. The molecule has 0 saturated heterocycles. The zero-order chi connectivity index (χ0) is 12.3. The van der Waals surface area contributed by atoms with E-state index < -0.39 is 5.60 Å². The second-order valence-electron chi connectivity index (χ2n) is 4.38. The number of rotatable bonds is 2. The molecule has 88 valence electrons. The van der Waals surface area contributed by atoms with Gasteiger partial charge in [-0.2, -0.15) is 0 Å². The summed E-state index contributed by atoms with van der Waals surface area (Å²) in [6, 6.07) is 5.14. The maximum Gasteiger partial charge on any atom is 0.338 e. The topological polar surface area (TPSA) is 35.5 Å². The number of hydrogen-bond donors (Lipinski definition) is 0. The van der Waals surface area contributed by atoms with E-state index in [4.69, 9.17) is 9.47 Å². The lowest BCUT2D eigenvalue weighted by atomic mass is 10.1. The molecule has 0 atom stereocenters. The Morgan fingerprint density at radius 2 is 1.88 bits per heavy atom. The molecule has 0 saturated carbocycles. The average molecular weight is 287 g/mol. The normalized spacial score (nSPS) is 11.1. The van der Waals surface area contributed by atoms with E-state index in [1.54, 1.807) is 25.3 Å². The number of benzene rings is 1. The molecule has 0 radical (unpaired) electrons. The van der Waals surface area contributed by atoms with Gasteiger partial charge in [-0.25, -0.2) is 4.79 Å². The first kappa shape index (κ1) is 13.0. The smallest absolute Gasteiger partial charge is 0.338 e. The molecule has 3 nitrogen and oxygen atoms in total. The van der Waals surface area contributed by atoms with E-state index in [2.05, 4.69) is 15.9 Å². The van der Waals surface area contributed by atoms with Crippen molar-refractivity contribution in [3.8, 4) is 5.75 Å². The minimum Gasteiger partial charge on any atom is -0.497 e. The second kappa shape index (κ2) is 4.87. The Bertz CT molecular complexity index is 394. The van der Waals surface area contributed by atoms with Crippen LogP contribution in [0.5, 0.6) is 5.75 Å². The van der Waals surface area contributed by atoms with E-state index in [1.165, 1.54) is 0 Å². The van der Waals surface area contributed by atoms with Crippen molar-refractivity contribution in [2.45, 2.75) is 26.4 Å². The minimum absolute atomic E-state index is 0.355. The molecule has 0 unspecified atom stereocenters. The fourth-order valence-corrected chi connectivity index (χ4v) is 1.61. The van der Waals surface area contributed by atoms with Crippen molar-refractivity contribution in [2.24, 2.45) is 0 Å². The zero-order valence-corrected chi connectivity index (χ0v) is 11.4. The molecule has 0 aromatic heterocycles. The summed E-state index contributed by atoms with van der Waals surface area (Å²) >= 11 is 3.31. The molecule has 0 aliphatic rings. The largest absolute Gasteiger partial charge is 0.497 e. The molecule has 0 aliphatic heterocycles. The molecule has 0 spiro atoms. The number of carbonyl (C=O) groups excluding carboxylic acids is 1. The maximum atomic E-state index is 11.8. The summed E-state index contributed by atoms with van der Waals surface area (Å²) in [5.41, 5.74) is -0.0201. The monoisotopic (exact) mass is 286 g/mol. The summed E-state index contributed by atoms with van der Waals surface area (Å²) in [6.07, 6.45) is 0. The Hall–Kier alpha value is -1.03. The maximum absolute atomic E-state index is 11.8. The van der Waals surface area contributed by atoms with Crippen LogP contribution in [0.4, 0.5) is 0 Å². The fourth-order valence-electron chi connectivity index (χ4n) is 1.14. The van der Waals surface area contributed by atoms with Gasteiger partial charge in [-0.3, -0.25) is 0 Å². The summed E-state index contributed by atoms with van der Waals surface area (Å²) in [5.74, 6) is 0.266. The number of halogens is 1. The van der Waals surface area contributed by atoms with Gasteiger partial charge in [0.25, 0.3) is 0 Å². The van der Waals surface area contributed by atoms with E-state index >= 15 is 0 Å². The molecule has 4 heteroatoms. The van der Waals surface area contributed by atoms with Crippen LogP contribution >= 0.6 is 15.9 Å². The van der Waals surface area contributed by atoms with Crippen molar-refractivity contribution in [3.63, 3.8) is 0 Å². The van der Waals surface area contributed by atoms with Gasteiger partial charge in [0.15, 0.2) is 0 Å². The highest BCUT2D eigenvalue weighted by molar-refractivity contribution is 9.10. The van der Waals surface area contributed by atoms with Crippen molar-refractivity contribution in [1.82, 2.24) is 0 Å². The van der Waals surface area contributed by atoms with E-state index in [0.29, 0.717) is 11.3 Å². The SMILES string of the molecule is COc1cc(Br)cc(C(=O)OC(C)(C)C)c1. The highest BCUT2D eigenvalue weighted by Crippen LogP contribution is 2.23. The van der Waals surface area contributed by atoms with Crippen LogP contribution in [-0.4, -0.2) is 18.7 Å². The second-order valence-corrected chi connectivity index (χ2v) is 5.30. The minimum atomic E-state index is -0.493. The molecular weight excluding hydrogens is 272 g/mol. The third-order valence-electron chi connectivity index (χ3n) is 1.74. The predicted octanol–water partition coefficient (Wildman–Crippen LogP) is 3.41. The highest BCUT2D eigenvalue weighted by atomic mass is 79.9. The van der Waals surface area contributed by atoms with Gasteiger partial charge in [-0.05, 0) is 39.0 Å². The van der Waals surface area contributed by atoms with Crippen LogP contribution in [0.1, 0.15) is 31.1 Å². The van der Waals surface area contributed by atoms with Gasteiger partial charge in [-0.1, -0.05) is 15.9 Å². The van der Waals surface area contributed by atoms with Crippen molar-refractivity contribution < 1.29 is 14.3 Å². The Kier molecular flexibility index (Phi) is 3.97. The molecule has 1 aromatic rings. The molecular formula is C12H15BrO3. The van der Waals surface area contributed by atoms with Gasteiger partial charge in [0, 0.05) is 4.47 Å². The lowest BCUT2D eigenvalue weighted by Gasteiger charge is -2.19. The van der Waals surface area contributed by atoms with E-state index in [-0.39, 0.29) is 5.97 Å². The van der Waals surface area contributed by atoms with Crippen LogP contribution in [0.25, 0.3) is 0 Å². The van der Waals surface area contributed by atoms with Gasteiger partial charge < -0.3 is 9.47 Å². The summed E-state index contributed by atoms with van der Waals surface area (Å²) in [6.45, 7) is 5.50. The van der Waals surface area contributed by atoms with Gasteiger partial charge in [0.1, 0.15) is 11.4 Å². The first-order chi connectivity index (χ1) is 7.31. The van der Waals surface area contributed by atoms with Crippen LogP contribution in [0, 0.1) is 0 Å². The van der Waals surface area contributed by atoms with Crippen molar-refractivity contribution in [3.05, 3.63) is 28.2 Å². The van der Waals surface area contributed by atoms with Crippen LogP contribution in [0.2, 0.25) is 0 Å². The van der Waals surface area contributed by atoms with Crippen LogP contribution < -0.4 is 4.74 Å². The van der Waals surface area contributed by atoms with Crippen molar-refractivity contribution >= 4 is 21.9 Å². The lowest BCUT2D eigenvalue weighted by Crippen LogP contribution is -2.23. The Morgan fingerprint density at radius 1 is 1.25 bits per heavy atom. The van der Waals surface area contributed by atoms with Crippen LogP contribution in [0.3, 0.4) is 0 Å². The molecule has 0 amide bonds. The third-order valence-corrected chi connectivity index (χ3v) is 2.20. The zero-order valence-electron chi connectivity index (χ0n) is 9.83. The summed E-state index contributed by atoms with van der Waals surface area (Å²) < 4.78 is 11.1. The van der Waals surface area contributed by atoms with Crippen molar-refractivity contribution in [2.75, 3.05) is 7.11 Å². The van der Waals surface area contributed by atoms with Gasteiger partial charge in [0.05, 0.1) is 12.7 Å². The van der Waals surface area contributed by atoms with Crippen LogP contribution in [-0.2, 0) is 4.74 Å². The Morgan fingerprint density at radius 3 is 2.38 bits per heavy atom. The Labute approximate surface area is 104 Å². The molecule has 1 aromatic carbocycles. The van der Waals surface area contributed by atoms with Crippen molar-refractivity contribution in [1.29, 1.82) is 0 Å². The summed E-state index contributed by atoms with van der Waals surface area (Å²) in [5, 5.41) is 0. The molecule has 0 heterocycles. The first-order valence-electron chi connectivity index (χ1n) is 4.90. The molecule has 0 N–H and O–H groups in total. The number of hydrogen-bond acceptors (Lipinski definition) is 3. The standard InChI is InChI=1S/C12H15BrO3/c1-12(2,3)16-11(14)8-5-9(13)7-10(6-8)15-4/h5-7H,1-4H3. The molecule has 1 rings (SSSR count). The third kappa shape index (κ3) is 3.85. The van der Waals surface area contributed by atoms with Crippen LogP contribution in [0.15, 0.2) is 22.7 Å². The number of methoxy groups -OCH3 is 1. The fraction of sp³-hybridized carbons (Fsp3) is 0.417. The average Bonchev–Trinajstić information content (AvgIpc) is 2.14. The quantitative estimate of drug-likeness (QED) is 0.782.